The van der Waals surface area contributed by atoms with Gasteiger partial charge in [-0.3, -0.25) is 4.90 Å². The van der Waals surface area contributed by atoms with Crippen molar-refractivity contribution in [1.29, 1.82) is 0 Å². The van der Waals surface area contributed by atoms with E-state index >= 15 is 0 Å². The molecule has 2 rings (SSSR count). The third-order valence-electron chi connectivity index (χ3n) is 4.60. The predicted octanol–water partition coefficient (Wildman–Crippen LogP) is 2.66. The molecule has 20 heavy (non-hydrogen) atoms. The molecule has 4 heteroatoms. The first-order chi connectivity index (χ1) is 9.44. The van der Waals surface area contributed by atoms with Crippen LogP contribution >= 0.6 is 0 Å². The Hall–Kier alpha value is -1.13. The lowest BCUT2D eigenvalue weighted by atomic mass is 9.87. The number of nitrogen functional groups attached to an aromatic ring is 1. The van der Waals surface area contributed by atoms with Gasteiger partial charge in [-0.1, -0.05) is 12.8 Å². The lowest BCUT2D eigenvalue weighted by molar-refractivity contribution is -0.0101. The van der Waals surface area contributed by atoms with Gasteiger partial charge in [0.1, 0.15) is 11.9 Å². The molecule has 0 amide bonds. The fourth-order valence-electron chi connectivity index (χ4n) is 3.12. The highest BCUT2D eigenvalue weighted by atomic mass is 16.3. The molecule has 0 aliphatic carbocycles. The summed E-state index contributed by atoms with van der Waals surface area (Å²) in [6, 6.07) is 1.91. The van der Waals surface area contributed by atoms with Gasteiger partial charge in [-0.25, -0.2) is 4.98 Å². The molecule has 0 spiro atoms. The normalized spacial score (nSPS) is 19.6. The first-order valence-electron chi connectivity index (χ1n) is 7.58. The van der Waals surface area contributed by atoms with E-state index in [1.165, 1.54) is 25.7 Å². The second-order valence-corrected chi connectivity index (χ2v) is 6.38. The second kappa shape index (κ2) is 6.10. The zero-order valence-electron chi connectivity index (χ0n) is 12.9. The lowest BCUT2D eigenvalue weighted by Crippen LogP contribution is -2.49. The first-order valence-corrected chi connectivity index (χ1v) is 7.58. The van der Waals surface area contributed by atoms with Crippen molar-refractivity contribution >= 4 is 5.82 Å². The van der Waals surface area contributed by atoms with Crippen molar-refractivity contribution in [2.45, 2.75) is 58.1 Å². The van der Waals surface area contributed by atoms with E-state index in [9.17, 15) is 5.11 Å². The summed E-state index contributed by atoms with van der Waals surface area (Å²) in [6.07, 6.45) is 6.07. The Balaban J connectivity index is 2.27. The summed E-state index contributed by atoms with van der Waals surface area (Å²) in [7, 11) is 0. The minimum absolute atomic E-state index is 0.327. The van der Waals surface area contributed by atoms with Crippen LogP contribution in [0.3, 0.4) is 0 Å². The van der Waals surface area contributed by atoms with Gasteiger partial charge < -0.3 is 10.8 Å². The van der Waals surface area contributed by atoms with E-state index in [-0.39, 0.29) is 5.54 Å². The zero-order chi connectivity index (χ0) is 14.8. The van der Waals surface area contributed by atoms with Crippen molar-refractivity contribution in [3.8, 4) is 0 Å². The van der Waals surface area contributed by atoms with E-state index in [1.807, 2.05) is 13.0 Å². The summed E-state index contributed by atoms with van der Waals surface area (Å²) in [5.41, 5.74) is 7.45. The van der Waals surface area contributed by atoms with Crippen molar-refractivity contribution in [1.82, 2.24) is 9.88 Å². The average Bonchev–Trinajstić information content (AvgIpc) is 2.67. The predicted molar refractivity (Wildman–Crippen MR) is 82.5 cm³/mol. The third kappa shape index (κ3) is 2.96. The highest BCUT2D eigenvalue weighted by Gasteiger charge is 2.37. The number of aliphatic hydroxyl groups is 1. The van der Waals surface area contributed by atoms with Gasteiger partial charge in [-0.15, -0.1) is 0 Å². The highest BCUT2D eigenvalue weighted by molar-refractivity contribution is 5.46. The van der Waals surface area contributed by atoms with Gasteiger partial charge in [0.05, 0.1) is 0 Å². The number of aromatic nitrogens is 1. The molecule has 0 saturated carbocycles. The standard InChI is InChI=1S/C16H27N3O/c1-12-8-9-18-15(17)13(12)14(20)16(2,3)19-10-6-4-5-7-11-19/h8-9,14,20H,4-7,10-11H2,1-3H3,(H2,17,18). The van der Waals surface area contributed by atoms with Crippen molar-refractivity contribution in [2.24, 2.45) is 0 Å². The van der Waals surface area contributed by atoms with Crippen LogP contribution in [-0.4, -0.2) is 33.6 Å². The average molecular weight is 277 g/mol. The van der Waals surface area contributed by atoms with Crippen LogP contribution in [0.15, 0.2) is 12.3 Å². The molecule has 0 aromatic carbocycles. The molecule has 1 unspecified atom stereocenters. The van der Waals surface area contributed by atoms with Gasteiger partial charge in [-0.05, 0) is 58.3 Å². The van der Waals surface area contributed by atoms with Gasteiger partial charge in [0, 0.05) is 17.3 Å². The van der Waals surface area contributed by atoms with E-state index in [1.54, 1.807) is 6.20 Å². The molecule has 3 N–H and O–H groups in total. The fourth-order valence-corrected chi connectivity index (χ4v) is 3.12. The maximum atomic E-state index is 10.9. The summed E-state index contributed by atoms with van der Waals surface area (Å²) in [5, 5.41) is 10.9. The third-order valence-corrected chi connectivity index (χ3v) is 4.60. The summed E-state index contributed by atoms with van der Waals surface area (Å²) in [5.74, 6) is 0.445. The van der Waals surface area contributed by atoms with Crippen LogP contribution in [0.1, 0.15) is 56.8 Å². The number of rotatable bonds is 3. The molecule has 1 fully saturated rings. The Labute approximate surface area is 122 Å². The smallest absolute Gasteiger partial charge is 0.129 e. The quantitative estimate of drug-likeness (QED) is 0.891. The molecular formula is C16H27N3O. The Morgan fingerprint density at radius 2 is 1.85 bits per heavy atom. The molecule has 112 valence electrons. The summed E-state index contributed by atoms with van der Waals surface area (Å²) >= 11 is 0. The minimum Gasteiger partial charge on any atom is -0.386 e. The van der Waals surface area contributed by atoms with Crippen molar-refractivity contribution in [3.05, 3.63) is 23.4 Å². The molecule has 0 radical (unpaired) electrons. The fraction of sp³-hybridized carbons (Fsp3) is 0.688. The van der Waals surface area contributed by atoms with Crippen LogP contribution in [0.25, 0.3) is 0 Å². The summed E-state index contributed by atoms with van der Waals surface area (Å²) in [6.45, 7) is 8.28. The van der Waals surface area contributed by atoms with Crippen LogP contribution in [0.5, 0.6) is 0 Å². The van der Waals surface area contributed by atoms with Crippen molar-refractivity contribution in [3.63, 3.8) is 0 Å². The number of aliphatic hydroxyl groups excluding tert-OH is 1. The van der Waals surface area contributed by atoms with Gasteiger partial charge in [-0.2, -0.15) is 0 Å². The Morgan fingerprint density at radius 3 is 2.40 bits per heavy atom. The van der Waals surface area contributed by atoms with E-state index in [0.717, 1.165) is 24.2 Å². The first kappa shape index (κ1) is 15.3. The number of hydrogen-bond donors (Lipinski definition) is 2. The molecular weight excluding hydrogens is 250 g/mol. The summed E-state index contributed by atoms with van der Waals surface area (Å²) < 4.78 is 0. The van der Waals surface area contributed by atoms with Crippen LogP contribution < -0.4 is 5.73 Å². The molecule has 2 heterocycles. The second-order valence-electron chi connectivity index (χ2n) is 6.38. The molecule has 4 nitrogen and oxygen atoms in total. The molecule has 1 aromatic rings. The van der Waals surface area contributed by atoms with Crippen molar-refractivity contribution in [2.75, 3.05) is 18.8 Å². The number of hydrogen-bond acceptors (Lipinski definition) is 4. The number of aryl methyl sites for hydroxylation is 1. The molecule has 1 aromatic heterocycles. The van der Waals surface area contributed by atoms with E-state index in [2.05, 4.69) is 23.7 Å². The minimum atomic E-state index is -0.616. The number of nitrogens with two attached hydrogens (primary N) is 1. The molecule has 1 aliphatic heterocycles. The van der Waals surface area contributed by atoms with Gasteiger partial charge >= 0.3 is 0 Å². The lowest BCUT2D eigenvalue weighted by Gasteiger charge is -2.42. The number of likely N-dealkylation sites (tertiary alicyclic amines) is 1. The van der Waals surface area contributed by atoms with E-state index in [4.69, 9.17) is 5.73 Å². The van der Waals surface area contributed by atoms with Gasteiger partial charge in [0.15, 0.2) is 0 Å². The largest absolute Gasteiger partial charge is 0.386 e. The van der Waals surface area contributed by atoms with Crippen LogP contribution in [0.4, 0.5) is 5.82 Å². The Bertz CT molecular complexity index is 431. The van der Waals surface area contributed by atoms with Crippen molar-refractivity contribution < 1.29 is 5.11 Å². The Kier molecular flexibility index (Phi) is 4.66. The van der Waals surface area contributed by atoms with Gasteiger partial charge in [0.2, 0.25) is 0 Å². The number of anilines is 1. The molecule has 1 atom stereocenters. The van der Waals surface area contributed by atoms with E-state index in [0.29, 0.717) is 5.82 Å². The van der Waals surface area contributed by atoms with Crippen LogP contribution in [-0.2, 0) is 0 Å². The zero-order valence-corrected chi connectivity index (χ0v) is 12.9. The topological polar surface area (TPSA) is 62.4 Å². The highest BCUT2D eigenvalue weighted by Crippen LogP contribution is 2.36. The Morgan fingerprint density at radius 1 is 1.25 bits per heavy atom. The maximum absolute atomic E-state index is 10.9. The van der Waals surface area contributed by atoms with Crippen LogP contribution in [0, 0.1) is 6.92 Å². The maximum Gasteiger partial charge on any atom is 0.129 e. The van der Waals surface area contributed by atoms with Crippen LogP contribution in [0.2, 0.25) is 0 Å². The van der Waals surface area contributed by atoms with Gasteiger partial charge in [0.25, 0.3) is 0 Å². The molecule has 0 bridgehead atoms. The SMILES string of the molecule is Cc1ccnc(N)c1C(O)C(C)(C)N1CCCCCC1. The van der Waals surface area contributed by atoms with E-state index < -0.39 is 6.10 Å². The molecule has 1 saturated heterocycles. The monoisotopic (exact) mass is 277 g/mol. The number of nitrogens with zero attached hydrogens (tertiary/aromatic N) is 2. The number of pyridine rings is 1. The molecule has 1 aliphatic rings. The summed E-state index contributed by atoms with van der Waals surface area (Å²) in [4.78, 5) is 6.54.